The predicted octanol–water partition coefficient (Wildman–Crippen LogP) is 0.586. The van der Waals surface area contributed by atoms with Gasteiger partial charge in [-0.2, -0.15) is 13.1 Å². The summed E-state index contributed by atoms with van der Waals surface area (Å²) in [6, 6.07) is 4.51. The minimum absolute atomic E-state index is 0.0555. The molecule has 106 valence electrons. The molecule has 0 saturated carbocycles. The Labute approximate surface area is 111 Å². The summed E-state index contributed by atoms with van der Waals surface area (Å²) in [5.41, 5.74) is 0.481. The predicted molar refractivity (Wildman–Crippen MR) is 70.6 cm³/mol. The second kappa shape index (κ2) is 6.50. The van der Waals surface area contributed by atoms with Crippen LogP contribution >= 0.6 is 0 Å². The normalized spacial score (nSPS) is 11.3. The van der Waals surface area contributed by atoms with Crippen molar-refractivity contribution in [1.82, 2.24) is 4.72 Å². The summed E-state index contributed by atoms with van der Waals surface area (Å²) in [5.74, 6) is -1.20. The Morgan fingerprint density at radius 3 is 2.68 bits per heavy atom. The van der Waals surface area contributed by atoms with E-state index >= 15 is 0 Å². The van der Waals surface area contributed by atoms with Gasteiger partial charge in [0.25, 0.3) is 10.2 Å². The summed E-state index contributed by atoms with van der Waals surface area (Å²) >= 11 is 0. The monoisotopic (exact) mass is 288 g/mol. The van der Waals surface area contributed by atoms with Crippen LogP contribution in [0.4, 0.5) is 5.69 Å². The summed E-state index contributed by atoms with van der Waals surface area (Å²) in [6.45, 7) is 1.94. The van der Waals surface area contributed by atoms with Crippen molar-refractivity contribution in [2.75, 3.05) is 25.0 Å². The van der Waals surface area contributed by atoms with Crippen molar-refractivity contribution in [3.8, 4) is 0 Å². The van der Waals surface area contributed by atoms with Crippen LogP contribution in [0.25, 0.3) is 0 Å². The first-order valence-corrected chi connectivity index (χ1v) is 6.95. The topological polar surface area (TPSA) is 105 Å². The molecule has 0 heterocycles. The van der Waals surface area contributed by atoms with E-state index in [-0.39, 0.29) is 24.4 Å². The van der Waals surface area contributed by atoms with Gasteiger partial charge in [-0.1, -0.05) is 12.1 Å². The van der Waals surface area contributed by atoms with E-state index in [1.807, 2.05) is 0 Å². The van der Waals surface area contributed by atoms with Gasteiger partial charge in [-0.05, 0) is 18.6 Å². The minimum atomic E-state index is -3.83. The van der Waals surface area contributed by atoms with E-state index in [9.17, 15) is 13.2 Å². The number of carboxylic acids is 1. The Morgan fingerprint density at radius 2 is 2.11 bits per heavy atom. The number of hydrogen-bond donors (Lipinski definition) is 3. The molecule has 1 aromatic carbocycles. The standard InChI is InChI=1S/C11H16N2O5S/c1-8-4-3-5-9(11(14)15)10(8)13-19(16,17)12-6-7-18-2/h3-5,12-13H,6-7H2,1-2H3,(H,14,15). The maximum Gasteiger partial charge on any atom is 0.337 e. The van der Waals surface area contributed by atoms with Crippen LogP contribution in [0, 0.1) is 6.92 Å². The molecule has 0 aromatic heterocycles. The molecular formula is C11H16N2O5S. The highest BCUT2D eigenvalue weighted by Crippen LogP contribution is 2.21. The van der Waals surface area contributed by atoms with Gasteiger partial charge in [0.05, 0.1) is 17.9 Å². The molecule has 19 heavy (non-hydrogen) atoms. The lowest BCUT2D eigenvalue weighted by atomic mass is 10.1. The highest BCUT2D eigenvalue weighted by molar-refractivity contribution is 7.90. The first kappa shape index (κ1) is 15.4. The number of carboxylic acid groups (broad SMARTS) is 1. The second-order valence-electron chi connectivity index (χ2n) is 3.80. The molecule has 0 fully saturated rings. The molecule has 8 heteroatoms. The van der Waals surface area contributed by atoms with Gasteiger partial charge in [-0.25, -0.2) is 4.79 Å². The summed E-state index contributed by atoms with van der Waals surface area (Å²) in [7, 11) is -2.38. The van der Waals surface area contributed by atoms with Gasteiger partial charge in [-0.3, -0.25) is 4.72 Å². The SMILES string of the molecule is COCCNS(=O)(=O)Nc1c(C)cccc1C(=O)O. The number of anilines is 1. The third kappa shape index (κ3) is 4.51. The second-order valence-corrected chi connectivity index (χ2v) is 5.29. The molecule has 0 aliphatic rings. The number of aromatic carboxylic acids is 1. The van der Waals surface area contributed by atoms with E-state index in [1.165, 1.54) is 13.2 Å². The van der Waals surface area contributed by atoms with E-state index in [4.69, 9.17) is 9.84 Å². The number of aryl methyl sites for hydroxylation is 1. The molecule has 3 N–H and O–H groups in total. The summed E-state index contributed by atoms with van der Waals surface area (Å²) in [5, 5.41) is 9.03. The average Bonchev–Trinajstić information content (AvgIpc) is 2.31. The molecule has 0 radical (unpaired) electrons. The fraction of sp³-hybridized carbons (Fsp3) is 0.364. The van der Waals surface area contributed by atoms with E-state index in [0.29, 0.717) is 5.56 Å². The van der Waals surface area contributed by atoms with Crippen molar-refractivity contribution < 1.29 is 23.1 Å². The average molecular weight is 288 g/mol. The van der Waals surface area contributed by atoms with Crippen LogP contribution in [-0.4, -0.2) is 39.8 Å². The van der Waals surface area contributed by atoms with Crippen molar-refractivity contribution in [1.29, 1.82) is 0 Å². The zero-order valence-corrected chi connectivity index (χ0v) is 11.5. The van der Waals surface area contributed by atoms with Crippen LogP contribution in [0.3, 0.4) is 0 Å². The Balaban J connectivity index is 2.95. The van der Waals surface area contributed by atoms with E-state index in [2.05, 4.69) is 9.44 Å². The van der Waals surface area contributed by atoms with Gasteiger partial charge in [0.15, 0.2) is 0 Å². The summed E-state index contributed by atoms with van der Waals surface area (Å²) in [6.07, 6.45) is 0. The lowest BCUT2D eigenvalue weighted by Gasteiger charge is -2.13. The smallest absolute Gasteiger partial charge is 0.337 e. The Morgan fingerprint density at radius 1 is 1.42 bits per heavy atom. The van der Waals surface area contributed by atoms with Gasteiger partial charge >= 0.3 is 5.97 Å². The number of ether oxygens (including phenoxy) is 1. The van der Waals surface area contributed by atoms with E-state index < -0.39 is 16.2 Å². The molecule has 0 atom stereocenters. The van der Waals surface area contributed by atoms with Crippen LogP contribution < -0.4 is 9.44 Å². The lowest BCUT2D eigenvalue weighted by molar-refractivity contribution is 0.0698. The number of methoxy groups -OCH3 is 1. The van der Waals surface area contributed by atoms with Crippen LogP contribution in [0.15, 0.2) is 18.2 Å². The molecule has 0 aliphatic heterocycles. The third-order valence-electron chi connectivity index (χ3n) is 2.34. The summed E-state index contributed by atoms with van der Waals surface area (Å²) in [4.78, 5) is 11.0. The van der Waals surface area contributed by atoms with E-state index in [1.54, 1.807) is 19.1 Å². The third-order valence-corrected chi connectivity index (χ3v) is 3.39. The Kier molecular flexibility index (Phi) is 5.28. The first-order chi connectivity index (χ1) is 8.87. The van der Waals surface area contributed by atoms with Crippen molar-refractivity contribution in [3.63, 3.8) is 0 Å². The molecule has 7 nitrogen and oxygen atoms in total. The fourth-order valence-corrected chi connectivity index (χ4v) is 2.39. The summed E-state index contributed by atoms with van der Waals surface area (Å²) < 4.78 is 32.7. The zero-order chi connectivity index (χ0) is 14.5. The maximum atomic E-state index is 11.7. The maximum absolute atomic E-state index is 11.7. The number of hydrogen-bond acceptors (Lipinski definition) is 4. The lowest BCUT2D eigenvalue weighted by Crippen LogP contribution is -2.33. The van der Waals surface area contributed by atoms with Crippen molar-refractivity contribution in [3.05, 3.63) is 29.3 Å². The number of nitrogens with one attached hydrogen (secondary N) is 2. The Hall–Kier alpha value is -1.64. The van der Waals surface area contributed by atoms with Crippen LogP contribution in [0.1, 0.15) is 15.9 Å². The van der Waals surface area contributed by atoms with Crippen LogP contribution in [0.2, 0.25) is 0 Å². The minimum Gasteiger partial charge on any atom is -0.478 e. The molecule has 0 amide bonds. The molecule has 0 saturated heterocycles. The number of para-hydroxylation sites is 1. The van der Waals surface area contributed by atoms with Crippen molar-refractivity contribution in [2.24, 2.45) is 0 Å². The number of carbonyl (C=O) groups is 1. The fourth-order valence-electron chi connectivity index (χ4n) is 1.43. The van der Waals surface area contributed by atoms with Gasteiger partial charge in [-0.15, -0.1) is 0 Å². The number of rotatable bonds is 7. The molecule has 0 aliphatic carbocycles. The van der Waals surface area contributed by atoms with Gasteiger partial charge < -0.3 is 9.84 Å². The molecule has 0 bridgehead atoms. The van der Waals surface area contributed by atoms with Crippen LogP contribution in [-0.2, 0) is 14.9 Å². The largest absolute Gasteiger partial charge is 0.478 e. The molecule has 0 unspecified atom stereocenters. The quantitative estimate of drug-likeness (QED) is 0.637. The first-order valence-electron chi connectivity index (χ1n) is 5.46. The highest BCUT2D eigenvalue weighted by Gasteiger charge is 2.17. The molecule has 1 aromatic rings. The van der Waals surface area contributed by atoms with Gasteiger partial charge in [0.2, 0.25) is 0 Å². The molecule has 0 spiro atoms. The highest BCUT2D eigenvalue weighted by atomic mass is 32.2. The zero-order valence-electron chi connectivity index (χ0n) is 10.6. The van der Waals surface area contributed by atoms with Crippen LogP contribution in [0.5, 0.6) is 0 Å². The van der Waals surface area contributed by atoms with E-state index in [0.717, 1.165) is 0 Å². The van der Waals surface area contributed by atoms with Gasteiger partial charge in [0.1, 0.15) is 0 Å². The molecule has 1 rings (SSSR count). The Bertz CT molecular complexity index is 556. The number of benzene rings is 1. The van der Waals surface area contributed by atoms with Crippen molar-refractivity contribution >= 4 is 21.9 Å². The van der Waals surface area contributed by atoms with Gasteiger partial charge in [0, 0.05) is 13.7 Å². The molecular weight excluding hydrogens is 272 g/mol. The van der Waals surface area contributed by atoms with Crippen molar-refractivity contribution in [2.45, 2.75) is 6.92 Å².